The number of para-hydroxylation sites is 2. The van der Waals surface area contributed by atoms with Crippen molar-refractivity contribution in [3.63, 3.8) is 0 Å². The molecule has 4 rings (SSSR count). The van der Waals surface area contributed by atoms with Crippen molar-refractivity contribution in [1.29, 1.82) is 0 Å². The van der Waals surface area contributed by atoms with E-state index in [1.54, 1.807) is 0 Å². The highest BCUT2D eigenvalue weighted by Gasteiger charge is 2.28. The first kappa shape index (κ1) is 16.6. The molecule has 0 amide bonds. The van der Waals surface area contributed by atoms with Crippen LogP contribution in [-0.2, 0) is 0 Å². The molecule has 0 saturated carbocycles. The van der Waals surface area contributed by atoms with Crippen LogP contribution in [-0.4, -0.2) is 25.5 Å². The lowest BCUT2D eigenvalue weighted by atomic mass is 10.1. The Hall–Kier alpha value is -2.88. The lowest BCUT2D eigenvalue weighted by Crippen LogP contribution is -2.14. The van der Waals surface area contributed by atoms with Crippen LogP contribution in [0.4, 0.5) is 11.4 Å². The molecule has 0 radical (unpaired) electrons. The van der Waals surface area contributed by atoms with Crippen molar-refractivity contribution in [3.8, 4) is 0 Å². The molecule has 2 aliphatic rings. The van der Waals surface area contributed by atoms with Gasteiger partial charge >= 0.3 is 0 Å². The fraction of sp³-hybridized carbons (Fsp3) is 0.273. The van der Waals surface area contributed by atoms with Gasteiger partial charge in [-0.05, 0) is 24.3 Å². The van der Waals surface area contributed by atoms with E-state index < -0.39 is 0 Å². The molecule has 0 saturated heterocycles. The molecule has 2 aromatic carbocycles. The molecule has 0 aromatic heterocycles. The first-order chi connectivity index (χ1) is 12.7. The van der Waals surface area contributed by atoms with Crippen LogP contribution < -0.4 is 10.0 Å². The van der Waals surface area contributed by atoms with E-state index in [2.05, 4.69) is 24.3 Å². The van der Waals surface area contributed by atoms with Crippen LogP contribution in [0.5, 0.6) is 0 Å². The molecule has 0 spiro atoms. The third-order valence-corrected chi connectivity index (χ3v) is 5.01. The van der Waals surface area contributed by atoms with Crippen LogP contribution in [0.3, 0.4) is 0 Å². The highest BCUT2D eigenvalue weighted by Crippen LogP contribution is 2.36. The molecule has 0 atom stereocenters. The second-order valence-corrected chi connectivity index (χ2v) is 6.96. The molecule has 4 heteroatoms. The highest BCUT2D eigenvalue weighted by atomic mass is 15.4. The Morgan fingerprint density at radius 3 is 1.27 bits per heavy atom. The number of hydrogen-bond donors (Lipinski definition) is 0. The van der Waals surface area contributed by atoms with Crippen molar-refractivity contribution in [1.82, 2.24) is 0 Å². The number of rotatable bonds is 4. The molecule has 0 unspecified atom stereocenters. The molecule has 2 aliphatic carbocycles. The normalized spacial score (nSPS) is 15.9. The Labute approximate surface area is 155 Å². The Morgan fingerprint density at radius 2 is 0.923 bits per heavy atom. The van der Waals surface area contributed by atoms with E-state index in [-0.39, 0.29) is 0 Å². The van der Waals surface area contributed by atoms with Gasteiger partial charge in [0.15, 0.2) is 0 Å². The maximum atomic E-state index is 4.82. The monoisotopic (exact) mass is 344 g/mol. The van der Waals surface area contributed by atoms with Crippen molar-refractivity contribution in [2.45, 2.75) is 25.7 Å². The van der Waals surface area contributed by atoms with Crippen LogP contribution in [0.2, 0.25) is 0 Å². The van der Waals surface area contributed by atoms with Crippen LogP contribution >= 0.6 is 0 Å². The minimum atomic E-state index is 0.987. The summed E-state index contributed by atoms with van der Waals surface area (Å²) in [5, 5.41) is 13.6. The molecule has 132 valence electrons. The third kappa shape index (κ3) is 3.54. The molecule has 0 fully saturated rings. The lowest BCUT2D eigenvalue weighted by molar-refractivity contribution is 0.985. The maximum Gasteiger partial charge on any atom is 0.0590 e. The second kappa shape index (κ2) is 7.16. The standard InChI is InChI=1S/C22H24N4/c1-25(21-9-5-3-6-10-21)23-19-13-17-15-20(16-18(17)14-19)24-26(2)22-11-7-4-8-12-22/h3-12H,13-16H2,1-2H3. The molecule has 2 aromatic rings. The van der Waals surface area contributed by atoms with Crippen molar-refractivity contribution in [3.05, 3.63) is 71.8 Å². The first-order valence-corrected chi connectivity index (χ1v) is 9.09. The van der Waals surface area contributed by atoms with Gasteiger partial charge in [-0.25, -0.2) is 0 Å². The third-order valence-electron chi connectivity index (χ3n) is 5.01. The predicted molar refractivity (Wildman–Crippen MR) is 110 cm³/mol. The largest absolute Gasteiger partial charge is 0.269 e. The zero-order chi connectivity index (χ0) is 17.9. The molecular formula is C22H24N4. The van der Waals surface area contributed by atoms with Crippen LogP contribution in [0, 0.1) is 0 Å². The minimum absolute atomic E-state index is 0.987. The summed E-state index contributed by atoms with van der Waals surface area (Å²) < 4.78 is 0. The number of benzene rings is 2. The molecule has 0 bridgehead atoms. The predicted octanol–water partition coefficient (Wildman–Crippen LogP) is 4.86. The van der Waals surface area contributed by atoms with Crippen molar-refractivity contribution < 1.29 is 0 Å². The van der Waals surface area contributed by atoms with Gasteiger partial charge < -0.3 is 0 Å². The number of allylic oxidation sites excluding steroid dienone is 2. The topological polar surface area (TPSA) is 31.2 Å². The van der Waals surface area contributed by atoms with Crippen molar-refractivity contribution >= 4 is 22.8 Å². The number of anilines is 2. The molecule has 0 N–H and O–H groups in total. The molecular weight excluding hydrogens is 320 g/mol. The number of nitrogens with zero attached hydrogens (tertiary/aromatic N) is 4. The molecule has 0 aliphatic heterocycles. The Morgan fingerprint density at radius 1 is 0.577 bits per heavy atom. The Kier molecular flexibility index (Phi) is 4.57. The molecule has 26 heavy (non-hydrogen) atoms. The van der Waals surface area contributed by atoms with Crippen molar-refractivity contribution in [2.24, 2.45) is 10.2 Å². The van der Waals surface area contributed by atoms with Gasteiger partial charge in [0.1, 0.15) is 0 Å². The van der Waals surface area contributed by atoms with Gasteiger partial charge in [0.25, 0.3) is 0 Å². The molecule has 4 nitrogen and oxygen atoms in total. The number of hydrazone groups is 2. The summed E-state index contributed by atoms with van der Waals surface area (Å²) >= 11 is 0. The average Bonchev–Trinajstić information content (AvgIpc) is 3.21. The smallest absolute Gasteiger partial charge is 0.0590 e. The number of hydrogen-bond acceptors (Lipinski definition) is 4. The van der Waals surface area contributed by atoms with E-state index in [9.17, 15) is 0 Å². The van der Waals surface area contributed by atoms with E-state index in [0.717, 1.165) is 37.1 Å². The summed E-state index contributed by atoms with van der Waals surface area (Å²) in [7, 11) is 4.04. The van der Waals surface area contributed by atoms with Gasteiger partial charge in [0, 0.05) is 51.2 Å². The Bertz CT molecular complexity index is 772. The Balaban J connectivity index is 1.39. The van der Waals surface area contributed by atoms with Gasteiger partial charge in [-0.2, -0.15) is 10.2 Å². The van der Waals surface area contributed by atoms with E-state index >= 15 is 0 Å². The van der Waals surface area contributed by atoms with Crippen LogP contribution in [0.1, 0.15) is 25.7 Å². The highest BCUT2D eigenvalue weighted by molar-refractivity contribution is 6.01. The lowest BCUT2D eigenvalue weighted by Gasteiger charge is -2.16. The van der Waals surface area contributed by atoms with Gasteiger partial charge in [-0.15, -0.1) is 0 Å². The van der Waals surface area contributed by atoms with Gasteiger partial charge in [0.05, 0.1) is 11.4 Å². The average molecular weight is 344 g/mol. The van der Waals surface area contributed by atoms with Gasteiger partial charge in [-0.3, -0.25) is 10.0 Å². The van der Waals surface area contributed by atoms with E-state index in [4.69, 9.17) is 10.2 Å². The van der Waals surface area contributed by atoms with E-state index in [1.807, 2.05) is 60.5 Å². The zero-order valence-corrected chi connectivity index (χ0v) is 15.4. The molecule has 0 heterocycles. The fourth-order valence-corrected chi connectivity index (χ4v) is 3.70. The van der Waals surface area contributed by atoms with Crippen LogP contribution in [0.25, 0.3) is 0 Å². The van der Waals surface area contributed by atoms with Crippen molar-refractivity contribution in [2.75, 3.05) is 24.1 Å². The summed E-state index contributed by atoms with van der Waals surface area (Å²) in [4.78, 5) is 0. The SMILES string of the molecule is CN(N=C1CC2=C(C1)CC(=NN(C)c1ccccc1)C2)c1ccccc1. The maximum absolute atomic E-state index is 4.82. The summed E-state index contributed by atoms with van der Waals surface area (Å²) in [6, 6.07) is 20.6. The fourth-order valence-electron chi connectivity index (χ4n) is 3.70. The summed E-state index contributed by atoms with van der Waals surface area (Å²) in [6.07, 6.45) is 3.95. The van der Waals surface area contributed by atoms with Gasteiger partial charge in [-0.1, -0.05) is 47.5 Å². The zero-order valence-electron chi connectivity index (χ0n) is 15.4. The van der Waals surface area contributed by atoms with E-state index in [1.165, 1.54) is 22.6 Å². The quantitative estimate of drug-likeness (QED) is 0.586. The van der Waals surface area contributed by atoms with E-state index in [0.29, 0.717) is 0 Å². The summed E-state index contributed by atoms with van der Waals surface area (Å²) in [5.74, 6) is 0. The minimum Gasteiger partial charge on any atom is -0.269 e. The second-order valence-electron chi connectivity index (χ2n) is 6.96. The van der Waals surface area contributed by atoms with Gasteiger partial charge in [0.2, 0.25) is 0 Å². The summed E-state index contributed by atoms with van der Waals surface area (Å²) in [5.41, 5.74) is 7.81. The van der Waals surface area contributed by atoms with Crippen LogP contribution in [0.15, 0.2) is 82.0 Å². The first-order valence-electron chi connectivity index (χ1n) is 9.09. The summed E-state index contributed by atoms with van der Waals surface area (Å²) in [6.45, 7) is 0.